The number of rotatable bonds is 7. The maximum absolute atomic E-state index is 11.8. The van der Waals surface area contributed by atoms with Crippen molar-refractivity contribution in [2.45, 2.75) is 24.9 Å². The minimum absolute atomic E-state index is 0.318. The molecule has 0 atom stereocenters. The number of benzene rings is 1. The number of nitrogens with one attached hydrogen (secondary N) is 1. The molecule has 1 N–H and O–H groups in total. The molecule has 30 heavy (non-hydrogen) atoms. The number of fused-ring (bicyclic) bond motifs is 1. The maximum Gasteiger partial charge on any atom is 0.175 e. The van der Waals surface area contributed by atoms with E-state index in [1.54, 1.807) is 18.3 Å². The number of H-pyrrole nitrogens is 1. The summed E-state index contributed by atoms with van der Waals surface area (Å²) in [5.41, 5.74) is 5.13. The third-order valence-electron chi connectivity index (χ3n) is 5.20. The van der Waals surface area contributed by atoms with Crippen molar-refractivity contribution in [3.05, 3.63) is 78.4 Å². The third-order valence-corrected chi connectivity index (χ3v) is 6.33. The van der Waals surface area contributed by atoms with Gasteiger partial charge in [-0.05, 0) is 54.1 Å². The lowest BCUT2D eigenvalue weighted by Crippen LogP contribution is -2.22. The van der Waals surface area contributed by atoms with Gasteiger partial charge in [0, 0.05) is 54.6 Å². The van der Waals surface area contributed by atoms with E-state index in [2.05, 4.69) is 26.8 Å². The van der Waals surface area contributed by atoms with E-state index in [4.69, 9.17) is 0 Å². The molecule has 0 fully saturated rings. The van der Waals surface area contributed by atoms with Crippen LogP contribution in [-0.4, -0.2) is 41.1 Å². The molecule has 6 nitrogen and oxygen atoms in total. The van der Waals surface area contributed by atoms with Crippen LogP contribution in [0, 0.1) is 0 Å². The summed E-state index contributed by atoms with van der Waals surface area (Å²) in [6.45, 7) is 4.56. The van der Waals surface area contributed by atoms with Crippen molar-refractivity contribution in [2.75, 3.05) is 12.8 Å². The van der Waals surface area contributed by atoms with Crippen LogP contribution in [0.1, 0.15) is 18.2 Å². The van der Waals surface area contributed by atoms with Crippen LogP contribution in [-0.2, 0) is 22.9 Å². The number of aromatic amines is 1. The first-order chi connectivity index (χ1) is 14.5. The zero-order chi connectivity index (χ0) is 21.1. The van der Waals surface area contributed by atoms with Crippen molar-refractivity contribution in [3.8, 4) is 11.1 Å². The molecule has 0 unspecified atom stereocenters. The van der Waals surface area contributed by atoms with E-state index >= 15 is 0 Å². The molecule has 0 aliphatic carbocycles. The molecule has 0 amide bonds. The standard InChI is InChI=1S/C23H24N4O2S/c1-3-27(15-17-10-13-24-14-11-17)16-21-22(20-5-4-12-25-23(20)26-21)18-6-8-19(9-7-18)30(2,28)29/h4-14H,3,15-16H2,1-2H3,(H,25,26). The Morgan fingerprint density at radius 3 is 2.37 bits per heavy atom. The first-order valence-corrected chi connectivity index (χ1v) is 11.7. The second-order valence-corrected chi connectivity index (χ2v) is 9.35. The van der Waals surface area contributed by atoms with Gasteiger partial charge < -0.3 is 4.98 Å². The van der Waals surface area contributed by atoms with Crippen molar-refractivity contribution in [3.63, 3.8) is 0 Å². The minimum Gasteiger partial charge on any atom is -0.341 e. The molecule has 4 aromatic rings. The normalized spacial score (nSPS) is 12.0. The molecule has 0 saturated heterocycles. The van der Waals surface area contributed by atoms with Gasteiger partial charge in [-0.2, -0.15) is 0 Å². The quantitative estimate of drug-likeness (QED) is 0.488. The lowest BCUT2D eigenvalue weighted by atomic mass is 10.0. The van der Waals surface area contributed by atoms with Crippen molar-refractivity contribution in [1.82, 2.24) is 19.9 Å². The van der Waals surface area contributed by atoms with Gasteiger partial charge in [0.1, 0.15) is 5.65 Å². The van der Waals surface area contributed by atoms with Crippen molar-refractivity contribution >= 4 is 20.9 Å². The summed E-state index contributed by atoms with van der Waals surface area (Å²) < 4.78 is 23.7. The molecular formula is C23H24N4O2S. The van der Waals surface area contributed by atoms with E-state index < -0.39 is 9.84 Å². The molecule has 154 valence electrons. The van der Waals surface area contributed by atoms with Gasteiger partial charge in [-0.3, -0.25) is 9.88 Å². The largest absolute Gasteiger partial charge is 0.341 e. The first-order valence-electron chi connectivity index (χ1n) is 9.83. The number of aromatic nitrogens is 3. The Bertz CT molecular complexity index is 1250. The Morgan fingerprint density at radius 1 is 0.967 bits per heavy atom. The summed E-state index contributed by atoms with van der Waals surface area (Å²) in [6, 6.07) is 15.1. The van der Waals surface area contributed by atoms with Crippen LogP contribution in [0.25, 0.3) is 22.2 Å². The molecule has 1 aromatic carbocycles. The fourth-order valence-corrected chi connectivity index (χ4v) is 4.27. The lowest BCUT2D eigenvalue weighted by Gasteiger charge is -2.20. The van der Waals surface area contributed by atoms with Crippen LogP contribution >= 0.6 is 0 Å². The molecule has 0 radical (unpaired) electrons. The SMILES string of the molecule is CCN(Cc1ccncc1)Cc1[nH]c2ncccc2c1-c1ccc(S(C)(=O)=O)cc1. The molecule has 3 aromatic heterocycles. The van der Waals surface area contributed by atoms with Gasteiger partial charge in [0.25, 0.3) is 0 Å². The highest BCUT2D eigenvalue weighted by Gasteiger charge is 2.17. The number of hydrogen-bond acceptors (Lipinski definition) is 5. The van der Waals surface area contributed by atoms with Crippen molar-refractivity contribution in [2.24, 2.45) is 0 Å². The van der Waals surface area contributed by atoms with Crippen molar-refractivity contribution in [1.29, 1.82) is 0 Å². The van der Waals surface area contributed by atoms with Crippen LogP contribution in [0.3, 0.4) is 0 Å². The summed E-state index contributed by atoms with van der Waals surface area (Å²) >= 11 is 0. The summed E-state index contributed by atoms with van der Waals surface area (Å²) in [5, 5.41) is 1.03. The van der Waals surface area contributed by atoms with Gasteiger partial charge >= 0.3 is 0 Å². The van der Waals surface area contributed by atoms with E-state index in [1.807, 2.05) is 48.8 Å². The monoisotopic (exact) mass is 420 g/mol. The Kier molecular flexibility index (Phi) is 5.65. The Morgan fingerprint density at radius 2 is 1.70 bits per heavy atom. The average Bonchev–Trinajstić information content (AvgIpc) is 3.11. The fourth-order valence-electron chi connectivity index (χ4n) is 3.64. The van der Waals surface area contributed by atoms with E-state index in [-0.39, 0.29) is 0 Å². The van der Waals surface area contributed by atoms with Crippen LogP contribution < -0.4 is 0 Å². The highest BCUT2D eigenvalue weighted by atomic mass is 32.2. The van der Waals surface area contributed by atoms with Crippen LogP contribution in [0.5, 0.6) is 0 Å². The summed E-state index contributed by atoms with van der Waals surface area (Å²) in [5.74, 6) is 0. The van der Waals surface area contributed by atoms with E-state index in [0.29, 0.717) is 4.90 Å². The molecule has 0 aliphatic rings. The van der Waals surface area contributed by atoms with Gasteiger partial charge in [0.05, 0.1) is 4.90 Å². The zero-order valence-corrected chi connectivity index (χ0v) is 17.9. The van der Waals surface area contributed by atoms with Gasteiger partial charge in [-0.1, -0.05) is 19.1 Å². The number of hydrogen-bond donors (Lipinski definition) is 1. The third kappa shape index (κ3) is 4.27. The molecule has 0 bridgehead atoms. The highest BCUT2D eigenvalue weighted by Crippen LogP contribution is 2.33. The zero-order valence-electron chi connectivity index (χ0n) is 17.0. The van der Waals surface area contributed by atoms with E-state index in [9.17, 15) is 8.42 Å². The van der Waals surface area contributed by atoms with Gasteiger partial charge in [-0.25, -0.2) is 13.4 Å². The Labute approximate surface area is 176 Å². The maximum atomic E-state index is 11.8. The molecule has 0 saturated carbocycles. The lowest BCUT2D eigenvalue weighted by molar-refractivity contribution is 0.269. The molecule has 3 heterocycles. The highest BCUT2D eigenvalue weighted by molar-refractivity contribution is 7.90. The van der Waals surface area contributed by atoms with E-state index in [0.717, 1.165) is 47.5 Å². The summed E-state index contributed by atoms with van der Waals surface area (Å²) in [7, 11) is -3.23. The number of sulfone groups is 1. The van der Waals surface area contributed by atoms with Crippen LogP contribution in [0.2, 0.25) is 0 Å². The fraction of sp³-hybridized carbons (Fsp3) is 0.217. The molecular weight excluding hydrogens is 396 g/mol. The van der Waals surface area contributed by atoms with Crippen molar-refractivity contribution < 1.29 is 8.42 Å². The molecule has 7 heteroatoms. The molecule has 4 rings (SSSR count). The summed E-state index contributed by atoms with van der Waals surface area (Å²) in [6.07, 6.45) is 6.62. The smallest absolute Gasteiger partial charge is 0.175 e. The van der Waals surface area contributed by atoms with Crippen LogP contribution in [0.15, 0.2) is 72.0 Å². The second kappa shape index (κ2) is 8.38. The van der Waals surface area contributed by atoms with E-state index in [1.165, 1.54) is 11.8 Å². The molecule has 0 spiro atoms. The molecule has 0 aliphatic heterocycles. The predicted molar refractivity (Wildman–Crippen MR) is 119 cm³/mol. The number of pyridine rings is 2. The average molecular weight is 421 g/mol. The first kappa shape index (κ1) is 20.3. The van der Waals surface area contributed by atoms with Crippen LogP contribution in [0.4, 0.5) is 0 Å². The Hall–Kier alpha value is -3.03. The minimum atomic E-state index is -3.23. The number of nitrogens with zero attached hydrogens (tertiary/aromatic N) is 3. The topological polar surface area (TPSA) is 79.0 Å². The van der Waals surface area contributed by atoms with Gasteiger partial charge in [-0.15, -0.1) is 0 Å². The predicted octanol–water partition coefficient (Wildman–Crippen LogP) is 4.05. The second-order valence-electron chi connectivity index (χ2n) is 7.33. The van der Waals surface area contributed by atoms with Gasteiger partial charge in [0.15, 0.2) is 9.84 Å². The Balaban J connectivity index is 1.73. The summed E-state index contributed by atoms with van der Waals surface area (Å²) in [4.78, 5) is 14.7. The van der Waals surface area contributed by atoms with Gasteiger partial charge in [0.2, 0.25) is 0 Å².